The van der Waals surface area contributed by atoms with Crippen molar-refractivity contribution in [3.05, 3.63) is 0 Å². The van der Waals surface area contributed by atoms with Gasteiger partial charge in [-0.2, -0.15) is 0 Å². The second-order valence-corrected chi connectivity index (χ2v) is 11.6. The Hall–Kier alpha value is 2.74. The molecule has 4 nitrogen and oxygen atoms in total. The molecule has 0 aliphatic heterocycles. The largest absolute Gasteiger partial charge is 0.317 e. The molecule has 2 N–H and O–H groups in total. The molecular formula is C25H52Cl10N4. The summed E-state index contributed by atoms with van der Waals surface area (Å²) in [5.74, 6) is 6.96. The molecule has 39 heavy (non-hydrogen) atoms. The number of halogens is 10. The van der Waals surface area contributed by atoms with E-state index >= 15 is 0 Å². The predicted molar refractivity (Wildman–Crippen MR) is 189 cm³/mol. The van der Waals surface area contributed by atoms with Crippen molar-refractivity contribution in [1.29, 1.82) is 0 Å². The molecule has 0 bridgehead atoms. The van der Waals surface area contributed by atoms with E-state index in [0.717, 1.165) is 127 Å². The van der Waals surface area contributed by atoms with Gasteiger partial charge < -0.3 is 15.5 Å². The van der Waals surface area contributed by atoms with Crippen molar-refractivity contribution in [3.8, 4) is 0 Å². The van der Waals surface area contributed by atoms with Gasteiger partial charge in [-0.1, -0.05) is 0 Å². The van der Waals surface area contributed by atoms with Crippen LogP contribution in [0.25, 0.3) is 0 Å². The lowest BCUT2D eigenvalue weighted by atomic mass is 10.3. The Labute approximate surface area is 290 Å². The number of alkyl halides is 10. The fraction of sp³-hybridized carbons (Fsp3) is 1.00. The Bertz CT molecular complexity index is 338. The van der Waals surface area contributed by atoms with E-state index in [2.05, 4.69) is 20.4 Å². The summed E-state index contributed by atoms with van der Waals surface area (Å²) in [5.41, 5.74) is 0. The molecule has 0 radical (unpaired) electrons. The lowest BCUT2D eigenvalue weighted by molar-refractivity contribution is 0.277. The van der Waals surface area contributed by atoms with E-state index in [-0.39, 0.29) is 0 Å². The summed E-state index contributed by atoms with van der Waals surface area (Å²) < 4.78 is 0. The summed E-state index contributed by atoms with van der Waals surface area (Å²) in [5, 5.41) is 6.24. The Kier molecular flexibility index (Phi) is 62.8. The van der Waals surface area contributed by atoms with E-state index in [4.69, 9.17) is 116 Å². The van der Waals surface area contributed by atoms with Crippen LogP contribution in [-0.2, 0) is 0 Å². The van der Waals surface area contributed by atoms with E-state index in [1.54, 1.807) is 0 Å². The topological polar surface area (TPSA) is 30.5 Å². The normalized spacial score (nSPS) is 10.5. The fourth-order valence-corrected chi connectivity index (χ4v) is 4.26. The summed E-state index contributed by atoms with van der Waals surface area (Å²) >= 11 is 55.1. The highest BCUT2D eigenvalue weighted by Gasteiger charge is 2.03. The van der Waals surface area contributed by atoms with Crippen molar-refractivity contribution in [2.24, 2.45) is 0 Å². The molecule has 0 unspecified atom stereocenters. The molecule has 0 saturated carbocycles. The van der Waals surface area contributed by atoms with Crippen molar-refractivity contribution in [3.63, 3.8) is 0 Å². The third-order valence-electron chi connectivity index (χ3n) is 4.54. The highest BCUT2D eigenvalue weighted by Crippen LogP contribution is 1.99. The fourth-order valence-electron chi connectivity index (χ4n) is 2.65. The molecule has 14 heteroatoms. The van der Waals surface area contributed by atoms with Crippen LogP contribution in [0.15, 0.2) is 0 Å². The average molecular weight is 763 g/mol. The number of rotatable bonds is 25. The van der Waals surface area contributed by atoms with Crippen LogP contribution < -0.4 is 10.6 Å². The van der Waals surface area contributed by atoms with Crippen molar-refractivity contribution in [2.45, 2.75) is 32.1 Å². The molecule has 0 aliphatic rings. The van der Waals surface area contributed by atoms with Gasteiger partial charge in [-0.3, -0.25) is 4.90 Å². The Morgan fingerprint density at radius 1 is 0.282 bits per heavy atom. The van der Waals surface area contributed by atoms with E-state index in [1.807, 2.05) is 0 Å². The lowest BCUT2D eigenvalue weighted by Gasteiger charge is -2.20. The molecule has 0 aliphatic carbocycles. The number of nitrogens with zero attached hydrogens (tertiary/aromatic N) is 2. The summed E-state index contributed by atoms with van der Waals surface area (Å²) in [6.45, 7) is 9.57. The molecule has 242 valence electrons. The lowest BCUT2D eigenvalue weighted by Crippen LogP contribution is -2.29. The number of nitrogens with one attached hydrogen (secondary N) is 2. The molecule has 0 spiro atoms. The smallest absolute Gasteiger partial charge is 0.0351 e. The number of hydrogen-bond acceptors (Lipinski definition) is 4. The van der Waals surface area contributed by atoms with Crippen LogP contribution in [0.1, 0.15) is 32.1 Å². The number of hydrogen-bond donors (Lipinski definition) is 2. The van der Waals surface area contributed by atoms with E-state index in [1.165, 1.54) is 0 Å². The van der Waals surface area contributed by atoms with Crippen LogP contribution in [0.5, 0.6) is 0 Å². The highest BCUT2D eigenvalue weighted by molar-refractivity contribution is 6.19. The third-order valence-corrected chi connectivity index (χ3v) is 6.76. The predicted octanol–water partition coefficient (Wildman–Crippen LogP) is 8.07. The van der Waals surface area contributed by atoms with E-state index < -0.39 is 0 Å². The minimum atomic E-state index is 0.647. The summed E-state index contributed by atoms with van der Waals surface area (Å²) in [4.78, 5) is 4.53. The van der Waals surface area contributed by atoms with Crippen molar-refractivity contribution < 1.29 is 0 Å². The molecule has 0 fully saturated rings. The van der Waals surface area contributed by atoms with Crippen LogP contribution in [0.2, 0.25) is 0 Å². The van der Waals surface area contributed by atoms with Gasteiger partial charge in [-0.15, -0.1) is 116 Å². The standard InChI is InChI=1S/C9H18Cl3N.C6H12Cl3N.C6H13Cl2N.C4H9Cl2N/c10-4-1-7-13(8-2-5-11)9-3-6-12;7-1-4-10(5-2-8)6-3-9;7-3-1-5-9-6-2-4-8;5-1-3-7-4-2-6/h1-9H2;1-6H2;9H,1-6H2;7H,1-4H2. The Balaban J connectivity index is -0.000000215. The van der Waals surface area contributed by atoms with Gasteiger partial charge in [0.1, 0.15) is 0 Å². The second-order valence-electron chi connectivity index (χ2n) is 7.84. The molecule has 0 aromatic carbocycles. The van der Waals surface area contributed by atoms with Gasteiger partial charge in [-0.05, 0) is 64.8 Å². The van der Waals surface area contributed by atoms with Gasteiger partial charge in [0.05, 0.1) is 0 Å². The molecule has 0 aromatic rings. The summed E-state index contributed by atoms with van der Waals surface area (Å²) in [6.07, 6.45) is 5.23. The van der Waals surface area contributed by atoms with Gasteiger partial charge in [0, 0.05) is 91.5 Å². The first kappa shape index (κ1) is 48.6. The van der Waals surface area contributed by atoms with Crippen molar-refractivity contribution >= 4 is 116 Å². The summed E-state index contributed by atoms with van der Waals surface area (Å²) in [7, 11) is 0. The van der Waals surface area contributed by atoms with E-state index in [0.29, 0.717) is 29.4 Å². The zero-order chi connectivity index (χ0) is 30.2. The van der Waals surface area contributed by atoms with Gasteiger partial charge in [-0.25, -0.2) is 0 Å². The van der Waals surface area contributed by atoms with Gasteiger partial charge >= 0.3 is 0 Å². The van der Waals surface area contributed by atoms with Crippen molar-refractivity contribution in [1.82, 2.24) is 20.4 Å². The van der Waals surface area contributed by atoms with E-state index in [9.17, 15) is 0 Å². The molecule has 0 atom stereocenters. The molecule has 0 rings (SSSR count). The minimum Gasteiger partial charge on any atom is -0.317 e. The Morgan fingerprint density at radius 2 is 0.564 bits per heavy atom. The molecule has 0 amide bonds. The van der Waals surface area contributed by atoms with Crippen LogP contribution in [0, 0.1) is 0 Å². The Morgan fingerprint density at radius 3 is 0.821 bits per heavy atom. The minimum absolute atomic E-state index is 0.647. The maximum atomic E-state index is 5.63. The second kappa shape index (κ2) is 50.4. The van der Waals surface area contributed by atoms with Gasteiger partial charge in [0.2, 0.25) is 0 Å². The quantitative estimate of drug-likeness (QED) is 0.0729. The SMILES string of the molecule is ClCCCN(CCCCl)CCCCl.ClCCCNCCCCl.ClCCN(CCCl)CCCl.ClCCNCCCl. The molecule has 0 heterocycles. The molecule has 0 aromatic heterocycles. The van der Waals surface area contributed by atoms with Crippen molar-refractivity contribution in [2.75, 3.05) is 124 Å². The maximum Gasteiger partial charge on any atom is 0.0351 e. The third kappa shape index (κ3) is 53.7. The van der Waals surface area contributed by atoms with Gasteiger partial charge in [0.25, 0.3) is 0 Å². The monoisotopic (exact) mass is 758 g/mol. The van der Waals surface area contributed by atoms with Crippen LogP contribution in [0.4, 0.5) is 0 Å². The maximum absolute atomic E-state index is 5.63. The average Bonchev–Trinajstić information content (AvgIpc) is 2.94. The first-order chi connectivity index (χ1) is 19.0. The first-order valence-electron chi connectivity index (χ1n) is 13.5. The van der Waals surface area contributed by atoms with Crippen LogP contribution in [0.3, 0.4) is 0 Å². The van der Waals surface area contributed by atoms with Crippen LogP contribution in [-0.4, -0.2) is 134 Å². The first-order valence-corrected chi connectivity index (χ1v) is 18.8. The zero-order valence-electron chi connectivity index (χ0n) is 23.4. The van der Waals surface area contributed by atoms with Gasteiger partial charge in [0.15, 0.2) is 0 Å². The highest BCUT2D eigenvalue weighted by atomic mass is 35.5. The summed E-state index contributed by atoms with van der Waals surface area (Å²) in [6, 6.07) is 0. The van der Waals surface area contributed by atoms with Crippen LogP contribution >= 0.6 is 116 Å². The molecule has 0 saturated heterocycles. The molecular weight excluding hydrogens is 711 g/mol. The zero-order valence-corrected chi connectivity index (χ0v) is 30.9.